The second kappa shape index (κ2) is 4.78. The molecule has 86 valence electrons. The van der Waals surface area contributed by atoms with E-state index in [1.165, 1.54) is 6.92 Å². The summed E-state index contributed by atoms with van der Waals surface area (Å²) < 4.78 is 5.66. The molecule has 1 aromatic heterocycles. The molecule has 0 unspecified atom stereocenters. The van der Waals surface area contributed by atoms with Crippen molar-refractivity contribution in [3.8, 4) is 11.5 Å². The minimum atomic E-state index is -0.0697. The summed E-state index contributed by atoms with van der Waals surface area (Å²) >= 11 is 0. The van der Waals surface area contributed by atoms with E-state index in [0.717, 1.165) is 11.3 Å². The van der Waals surface area contributed by atoms with E-state index in [4.69, 9.17) is 4.74 Å². The topological polar surface area (TPSA) is 39.2 Å². The Morgan fingerprint density at radius 3 is 2.65 bits per heavy atom. The van der Waals surface area contributed by atoms with Gasteiger partial charge < -0.3 is 4.74 Å². The number of carbonyl (C=O) groups is 1. The van der Waals surface area contributed by atoms with Crippen LogP contribution in [0.5, 0.6) is 11.5 Å². The Morgan fingerprint density at radius 1 is 1.18 bits per heavy atom. The number of hydrogen-bond donors (Lipinski definition) is 0. The van der Waals surface area contributed by atoms with Gasteiger partial charge in [0.05, 0.1) is 0 Å². The van der Waals surface area contributed by atoms with E-state index in [9.17, 15) is 4.79 Å². The molecule has 0 fully saturated rings. The van der Waals surface area contributed by atoms with Crippen LogP contribution in [0.3, 0.4) is 0 Å². The predicted molar refractivity (Wildman–Crippen MR) is 65.5 cm³/mol. The van der Waals surface area contributed by atoms with E-state index in [1.54, 1.807) is 18.3 Å². The second-order valence-corrected chi connectivity index (χ2v) is 3.85. The third-order valence-electron chi connectivity index (χ3n) is 2.32. The highest BCUT2D eigenvalue weighted by molar-refractivity contribution is 5.92. The standard InChI is InChI=1S/C14H13NO2/c1-10-4-3-5-12(8-10)17-13-6-7-15-14(9-13)11(2)16/h3-9H,1-2H3. The Labute approximate surface area is 100 Å². The number of hydrogen-bond acceptors (Lipinski definition) is 3. The number of rotatable bonds is 3. The second-order valence-electron chi connectivity index (χ2n) is 3.85. The molecular formula is C14H13NO2. The fourth-order valence-electron chi connectivity index (χ4n) is 1.48. The number of ether oxygens (including phenoxy) is 1. The molecule has 3 heteroatoms. The predicted octanol–water partition coefficient (Wildman–Crippen LogP) is 3.38. The molecule has 3 nitrogen and oxygen atoms in total. The number of Topliss-reactive ketones (excluding diaryl/α,β-unsaturated/α-hetero) is 1. The minimum Gasteiger partial charge on any atom is -0.457 e. The van der Waals surface area contributed by atoms with Gasteiger partial charge in [-0.05, 0) is 30.7 Å². The van der Waals surface area contributed by atoms with E-state index in [2.05, 4.69) is 4.98 Å². The zero-order chi connectivity index (χ0) is 12.3. The van der Waals surface area contributed by atoms with Crippen LogP contribution in [-0.4, -0.2) is 10.8 Å². The van der Waals surface area contributed by atoms with Gasteiger partial charge in [0.1, 0.15) is 17.2 Å². The van der Waals surface area contributed by atoms with Gasteiger partial charge in [0.15, 0.2) is 5.78 Å². The van der Waals surface area contributed by atoms with Crippen molar-refractivity contribution in [2.75, 3.05) is 0 Å². The average molecular weight is 227 g/mol. The summed E-state index contributed by atoms with van der Waals surface area (Å²) in [4.78, 5) is 15.2. The smallest absolute Gasteiger partial charge is 0.178 e. The van der Waals surface area contributed by atoms with Crippen molar-refractivity contribution in [1.29, 1.82) is 0 Å². The molecule has 0 N–H and O–H groups in total. The first-order valence-electron chi connectivity index (χ1n) is 5.36. The quantitative estimate of drug-likeness (QED) is 0.754. The highest BCUT2D eigenvalue weighted by atomic mass is 16.5. The van der Waals surface area contributed by atoms with E-state index >= 15 is 0 Å². The average Bonchev–Trinajstić information content (AvgIpc) is 2.29. The largest absolute Gasteiger partial charge is 0.457 e. The van der Waals surface area contributed by atoms with E-state index in [-0.39, 0.29) is 5.78 Å². The van der Waals surface area contributed by atoms with Gasteiger partial charge in [-0.25, -0.2) is 0 Å². The fraction of sp³-hybridized carbons (Fsp3) is 0.143. The van der Waals surface area contributed by atoms with Gasteiger partial charge in [-0.15, -0.1) is 0 Å². The van der Waals surface area contributed by atoms with Crippen LogP contribution in [0, 0.1) is 6.92 Å². The number of pyridine rings is 1. The molecule has 0 spiro atoms. The van der Waals surface area contributed by atoms with E-state index < -0.39 is 0 Å². The summed E-state index contributed by atoms with van der Waals surface area (Å²) in [7, 11) is 0. The fourth-order valence-corrected chi connectivity index (χ4v) is 1.48. The maximum Gasteiger partial charge on any atom is 0.178 e. The summed E-state index contributed by atoms with van der Waals surface area (Å²) in [6, 6.07) is 11.1. The van der Waals surface area contributed by atoms with Gasteiger partial charge in [0.25, 0.3) is 0 Å². The maximum atomic E-state index is 11.2. The first-order valence-corrected chi connectivity index (χ1v) is 5.36. The van der Waals surface area contributed by atoms with Crippen LogP contribution >= 0.6 is 0 Å². The van der Waals surface area contributed by atoms with E-state index in [1.807, 2.05) is 31.2 Å². The Balaban J connectivity index is 2.24. The Morgan fingerprint density at radius 2 is 1.94 bits per heavy atom. The maximum absolute atomic E-state index is 11.2. The van der Waals surface area contributed by atoms with Gasteiger partial charge >= 0.3 is 0 Å². The van der Waals surface area contributed by atoms with Gasteiger partial charge in [-0.1, -0.05) is 12.1 Å². The Kier molecular flexibility index (Phi) is 3.19. The van der Waals surface area contributed by atoms with Crippen molar-refractivity contribution >= 4 is 5.78 Å². The third-order valence-corrected chi connectivity index (χ3v) is 2.32. The highest BCUT2D eigenvalue weighted by Crippen LogP contribution is 2.22. The van der Waals surface area contributed by atoms with Gasteiger partial charge in [-0.2, -0.15) is 0 Å². The van der Waals surface area contributed by atoms with Crippen LogP contribution in [0.1, 0.15) is 23.0 Å². The van der Waals surface area contributed by atoms with Crippen LogP contribution in [0.2, 0.25) is 0 Å². The van der Waals surface area contributed by atoms with Crippen molar-refractivity contribution in [3.05, 3.63) is 53.9 Å². The van der Waals surface area contributed by atoms with Crippen LogP contribution in [0.25, 0.3) is 0 Å². The zero-order valence-electron chi connectivity index (χ0n) is 9.81. The van der Waals surface area contributed by atoms with Crippen molar-refractivity contribution in [2.24, 2.45) is 0 Å². The van der Waals surface area contributed by atoms with Crippen LogP contribution in [-0.2, 0) is 0 Å². The van der Waals surface area contributed by atoms with Crippen LogP contribution in [0.4, 0.5) is 0 Å². The molecule has 0 bridgehead atoms. The monoisotopic (exact) mass is 227 g/mol. The van der Waals surface area contributed by atoms with Crippen molar-refractivity contribution < 1.29 is 9.53 Å². The molecule has 0 aliphatic heterocycles. The summed E-state index contributed by atoms with van der Waals surface area (Å²) in [5.41, 5.74) is 1.54. The number of nitrogens with zero attached hydrogens (tertiary/aromatic N) is 1. The molecule has 2 aromatic rings. The molecule has 0 amide bonds. The number of benzene rings is 1. The van der Waals surface area contributed by atoms with Gasteiger partial charge in [-0.3, -0.25) is 9.78 Å². The van der Waals surface area contributed by atoms with Crippen molar-refractivity contribution in [1.82, 2.24) is 4.98 Å². The Bertz CT molecular complexity index is 549. The minimum absolute atomic E-state index is 0.0697. The number of ketones is 1. The molecule has 0 aliphatic rings. The highest BCUT2D eigenvalue weighted by Gasteiger charge is 2.03. The first kappa shape index (κ1) is 11.3. The van der Waals surface area contributed by atoms with Crippen molar-refractivity contribution in [2.45, 2.75) is 13.8 Å². The summed E-state index contributed by atoms with van der Waals surface area (Å²) in [6.07, 6.45) is 1.57. The van der Waals surface area contributed by atoms with Gasteiger partial charge in [0, 0.05) is 19.2 Å². The Hall–Kier alpha value is -2.16. The normalized spacial score (nSPS) is 10.0. The first-order chi connectivity index (χ1) is 8.15. The number of aromatic nitrogens is 1. The molecule has 0 aliphatic carbocycles. The zero-order valence-corrected chi connectivity index (χ0v) is 9.81. The SMILES string of the molecule is CC(=O)c1cc(Oc2cccc(C)c2)ccn1. The van der Waals surface area contributed by atoms with Crippen LogP contribution < -0.4 is 4.74 Å². The third kappa shape index (κ3) is 2.91. The summed E-state index contributed by atoms with van der Waals surface area (Å²) in [6.45, 7) is 3.49. The molecule has 0 saturated carbocycles. The molecule has 0 radical (unpaired) electrons. The lowest BCUT2D eigenvalue weighted by molar-refractivity contribution is 0.101. The lowest BCUT2D eigenvalue weighted by atomic mass is 10.2. The number of carbonyl (C=O) groups excluding carboxylic acids is 1. The molecule has 1 aromatic carbocycles. The number of aryl methyl sites for hydroxylation is 1. The van der Waals surface area contributed by atoms with Crippen molar-refractivity contribution in [3.63, 3.8) is 0 Å². The molecular weight excluding hydrogens is 214 g/mol. The van der Waals surface area contributed by atoms with E-state index in [0.29, 0.717) is 11.4 Å². The summed E-state index contributed by atoms with van der Waals surface area (Å²) in [5, 5.41) is 0. The van der Waals surface area contributed by atoms with Gasteiger partial charge in [0.2, 0.25) is 0 Å². The lowest BCUT2D eigenvalue weighted by Crippen LogP contribution is -1.96. The molecule has 17 heavy (non-hydrogen) atoms. The summed E-state index contributed by atoms with van der Waals surface area (Å²) in [5.74, 6) is 1.31. The lowest BCUT2D eigenvalue weighted by Gasteiger charge is -2.06. The molecule has 2 rings (SSSR count). The van der Waals surface area contributed by atoms with Crippen LogP contribution in [0.15, 0.2) is 42.6 Å². The molecule has 0 saturated heterocycles. The molecule has 1 heterocycles. The molecule has 0 atom stereocenters.